The van der Waals surface area contributed by atoms with Crippen LogP contribution in [0.1, 0.15) is 36.8 Å². The lowest BCUT2D eigenvalue weighted by Gasteiger charge is -2.26. The summed E-state index contributed by atoms with van der Waals surface area (Å²) in [6.45, 7) is 2.40. The van der Waals surface area contributed by atoms with E-state index in [2.05, 4.69) is 5.32 Å². The zero-order valence-corrected chi connectivity index (χ0v) is 15.3. The van der Waals surface area contributed by atoms with Gasteiger partial charge in [-0.3, -0.25) is 14.4 Å². The molecule has 0 spiro atoms. The Morgan fingerprint density at radius 2 is 2.04 bits per heavy atom. The van der Waals surface area contributed by atoms with E-state index in [0.717, 1.165) is 23.1 Å². The van der Waals surface area contributed by atoms with E-state index in [1.54, 1.807) is 4.90 Å². The summed E-state index contributed by atoms with van der Waals surface area (Å²) in [6.07, 6.45) is 3.00. The van der Waals surface area contributed by atoms with Gasteiger partial charge in [0, 0.05) is 26.4 Å². The molecule has 2 heterocycles. The highest BCUT2D eigenvalue weighted by Gasteiger charge is 2.35. The van der Waals surface area contributed by atoms with Gasteiger partial charge < -0.3 is 20.1 Å². The number of amides is 2. The lowest BCUT2D eigenvalue weighted by Crippen LogP contribution is -2.36. The Morgan fingerprint density at radius 3 is 2.63 bits per heavy atom. The van der Waals surface area contributed by atoms with Crippen molar-refractivity contribution in [2.24, 2.45) is 0 Å². The molecular weight excluding hydrogens is 348 g/mol. The molecule has 2 amide bonds. The Balaban J connectivity index is 1.62. The smallest absolute Gasteiger partial charge is 0.313 e. The van der Waals surface area contributed by atoms with Crippen LogP contribution in [0.4, 0.5) is 0 Å². The van der Waals surface area contributed by atoms with Gasteiger partial charge in [-0.1, -0.05) is 30.3 Å². The number of carbonyl (C=O) groups excluding carboxylic acids is 3. The summed E-state index contributed by atoms with van der Waals surface area (Å²) in [5.41, 5.74) is 3.12. The minimum atomic E-state index is -0.460. The van der Waals surface area contributed by atoms with Crippen molar-refractivity contribution in [2.75, 3.05) is 26.2 Å². The maximum Gasteiger partial charge on any atom is 0.313 e. The molecule has 1 unspecified atom stereocenters. The van der Waals surface area contributed by atoms with Crippen LogP contribution in [0.25, 0.3) is 5.57 Å². The summed E-state index contributed by atoms with van der Waals surface area (Å²) in [7, 11) is 0. The molecule has 0 saturated carbocycles. The van der Waals surface area contributed by atoms with Crippen LogP contribution in [-0.4, -0.2) is 60.1 Å². The normalized spacial score (nSPS) is 22.2. The van der Waals surface area contributed by atoms with Gasteiger partial charge in [0.2, 0.25) is 11.8 Å². The summed E-state index contributed by atoms with van der Waals surface area (Å²) in [4.78, 5) is 36.3. The molecule has 1 saturated heterocycles. The number of aliphatic hydroxyl groups excluding tert-OH is 1. The highest BCUT2D eigenvalue weighted by Crippen LogP contribution is 2.32. The number of benzene rings is 1. The maximum absolute atomic E-state index is 12.1. The fourth-order valence-electron chi connectivity index (χ4n) is 3.50. The number of esters is 1. The molecule has 7 nitrogen and oxygen atoms in total. The van der Waals surface area contributed by atoms with Crippen molar-refractivity contribution in [3.8, 4) is 0 Å². The molecule has 2 aliphatic rings. The lowest BCUT2D eigenvalue weighted by atomic mass is 9.92. The second-order valence-corrected chi connectivity index (χ2v) is 6.88. The van der Waals surface area contributed by atoms with E-state index in [1.807, 2.05) is 30.3 Å². The van der Waals surface area contributed by atoms with Crippen molar-refractivity contribution >= 4 is 23.4 Å². The van der Waals surface area contributed by atoms with Crippen LogP contribution in [-0.2, 0) is 19.1 Å². The number of nitrogens with zero attached hydrogens (tertiary/aromatic N) is 1. The molecule has 144 valence electrons. The summed E-state index contributed by atoms with van der Waals surface area (Å²) in [5.74, 6) is -0.961. The number of hydrogen-bond donors (Lipinski definition) is 2. The fourth-order valence-corrected chi connectivity index (χ4v) is 3.50. The third kappa shape index (κ3) is 4.54. The summed E-state index contributed by atoms with van der Waals surface area (Å²) >= 11 is 0. The number of rotatable bonds is 5. The third-order valence-electron chi connectivity index (χ3n) is 5.03. The first-order valence-corrected chi connectivity index (χ1v) is 9.11. The largest absolute Gasteiger partial charge is 0.460 e. The van der Waals surface area contributed by atoms with Gasteiger partial charge in [0.05, 0.1) is 12.5 Å². The van der Waals surface area contributed by atoms with Gasteiger partial charge >= 0.3 is 5.97 Å². The molecule has 3 rings (SSSR count). The highest BCUT2D eigenvalue weighted by molar-refractivity contribution is 5.81. The highest BCUT2D eigenvalue weighted by atomic mass is 16.6. The van der Waals surface area contributed by atoms with Crippen LogP contribution in [0.15, 0.2) is 30.3 Å². The molecule has 27 heavy (non-hydrogen) atoms. The molecule has 0 aliphatic carbocycles. The zero-order valence-electron chi connectivity index (χ0n) is 15.3. The minimum Gasteiger partial charge on any atom is -0.460 e. The van der Waals surface area contributed by atoms with Crippen molar-refractivity contribution < 1.29 is 24.2 Å². The molecule has 2 atom stereocenters. The molecular formula is C20H24N2O5. The van der Waals surface area contributed by atoms with Gasteiger partial charge in [-0.2, -0.15) is 0 Å². The monoisotopic (exact) mass is 372 g/mol. The van der Waals surface area contributed by atoms with Gasteiger partial charge in [0.15, 0.2) is 0 Å². The van der Waals surface area contributed by atoms with Crippen LogP contribution in [0.5, 0.6) is 0 Å². The van der Waals surface area contributed by atoms with Crippen molar-refractivity contribution in [1.82, 2.24) is 10.2 Å². The molecule has 0 aromatic heterocycles. The summed E-state index contributed by atoms with van der Waals surface area (Å²) < 4.78 is 5.35. The van der Waals surface area contributed by atoms with Gasteiger partial charge in [-0.15, -0.1) is 0 Å². The lowest BCUT2D eigenvalue weighted by molar-refractivity contribution is -0.142. The molecule has 1 aromatic carbocycles. The van der Waals surface area contributed by atoms with E-state index in [1.165, 1.54) is 6.92 Å². The van der Waals surface area contributed by atoms with E-state index < -0.39 is 6.61 Å². The number of carbonyl (C=O) groups is 3. The predicted octanol–water partition coefficient (Wildman–Crippen LogP) is 0.830. The first kappa shape index (κ1) is 19.1. The molecule has 0 radical (unpaired) electrons. The molecule has 7 heteroatoms. The van der Waals surface area contributed by atoms with E-state index >= 15 is 0 Å². The number of hydrogen-bond acceptors (Lipinski definition) is 5. The zero-order chi connectivity index (χ0) is 19.4. The van der Waals surface area contributed by atoms with Gasteiger partial charge in [0.25, 0.3) is 0 Å². The van der Waals surface area contributed by atoms with Crippen LogP contribution >= 0.6 is 0 Å². The molecule has 1 fully saturated rings. The van der Waals surface area contributed by atoms with E-state index in [-0.39, 0.29) is 29.8 Å². The van der Waals surface area contributed by atoms with Crippen molar-refractivity contribution in [3.63, 3.8) is 0 Å². The van der Waals surface area contributed by atoms with Crippen molar-refractivity contribution in [2.45, 2.75) is 31.8 Å². The van der Waals surface area contributed by atoms with Crippen LogP contribution in [0, 0.1) is 0 Å². The second-order valence-electron chi connectivity index (χ2n) is 6.88. The third-order valence-corrected chi connectivity index (χ3v) is 5.03. The van der Waals surface area contributed by atoms with E-state index in [4.69, 9.17) is 9.84 Å². The van der Waals surface area contributed by atoms with Crippen molar-refractivity contribution in [3.05, 3.63) is 41.5 Å². The first-order chi connectivity index (χ1) is 13.0. The minimum absolute atomic E-state index is 0.140. The molecule has 1 aromatic rings. The number of nitrogens with one attached hydrogen (secondary N) is 1. The SMILES string of the molecule is CC(=O)NC[C@H]1CC(c2ccc(C3=CCN(C(=O)CO)CC3)cc2)C(=O)O1. The Bertz CT molecular complexity index is 756. The Hall–Kier alpha value is -2.67. The number of aliphatic hydroxyl groups is 1. The Morgan fingerprint density at radius 1 is 1.30 bits per heavy atom. The summed E-state index contributed by atoms with van der Waals surface area (Å²) in [5, 5.41) is 11.6. The summed E-state index contributed by atoms with van der Waals surface area (Å²) in [6, 6.07) is 7.85. The van der Waals surface area contributed by atoms with Crippen LogP contribution in [0.2, 0.25) is 0 Å². The first-order valence-electron chi connectivity index (χ1n) is 9.11. The quantitative estimate of drug-likeness (QED) is 0.747. The maximum atomic E-state index is 12.1. The number of cyclic esters (lactones) is 1. The Kier molecular flexibility index (Phi) is 5.91. The van der Waals surface area contributed by atoms with Gasteiger partial charge in [-0.25, -0.2) is 0 Å². The predicted molar refractivity (Wildman–Crippen MR) is 98.6 cm³/mol. The van der Waals surface area contributed by atoms with Crippen LogP contribution in [0.3, 0.4) is 0 Å². The molecule has 0 bridgehead atoms. The molecule has 2 N–H and O–H groups in total. The number of ether oxygens (including phenoxy) is 1. The fraction of sp³-hybridized carbons (Fsp3) is 0.450. The van der Waals surface area contributed by atoms with E-state index in [9.17, 15) is 14.4 Å². The molecule has 2 aliphatic heterocycles. The second kappa shape index (κ2) is 8.35. The van der Waals surface area contributed by atoms with Gasteiger partial charge in [-0.05, 0) is 23.1 Å². The topological polar surface area (TPSA) is 95.9 Å². The average molecular weight is 372 g/mol. The van der Waals surface area contributed by atoms with Crippen molar-refractivity contribution in [1.29, 1.82) is 0 Å². The average Bonchev–Trinajstić information content (AvgIpc) is 3.06. The van der Waals surface area contributed by atoms with E-state index in [0.29, 0.717) is 26.1 Å². The van der Waals surface area contributed by atoms with Crippen LogP contribution < -0.4 is 5.32 Å². The Labute approximate surface area is 158 Å². The standard InChI is InChI=1S/C20H24N2O5/c1-13(24)21-11-17-10-18(20(26)27-17)16-4-2-14(3-5-16)15-6-8-22(9-7-15)19(25)12-23/h2-6,17-18,23H,7-12H2,1H3,(H,21,24)/t17-,18?/m1/s1. The van der Waals surface area contributed by atoms with Gasteiger partial charge in [0.1, 0.15) is 12.7 Å².